The lowest BCUT2D eigenvalue weighted by Crippen LogP contribution is -2.04. The fourth-order valence-electron chi connectivity index (χ4n) is 4.14. The molecule has 0 amide bonds. The molecule has 3 rings (SSSR count). The smallest absolute Gasteiger partial charge is 0.0722 e. The molecule has 0 aliphatic rings. The second kappa shape index (κ2) is 11.8. The molecule has 0 saturated carbocycles. The highest BCUT2D eigenvalue weighted by molar-refractivity contribution is 5.29. The number of aromatic nitrogens is 1. The average molecular weight is 416 g/mol. The zero-order valence-corrected chi connectivity index (χ0v) is 19.6. The summed E-state index contributed by atoms with van der Waals surface area (Å²) in [4.78, 5) is 4.04. The second-order valence-electron chi connectivity index (χ2n) is 8.81. The SMILES string of the molecule is CCC(C)c1ccc(C(CC)CC(C)c2ccc(COCc3ccncc3)cc2)cc1. The summed E-state index contributed by atoms with van der Waals surface area (Å²) in [5.41, 5.74) is 6.71. The van der Waals surface area contributed by atoms with Crippen LogP contribution in [0.25, 0.3) is 0 Å². The molecule has 164 valence electrons. The van der Waals surface area contributed by atoms with Crippen molar-refractivity contribution in [2.45, 2.75) is 77.9 Å². The van der Waals surface area contributed by atoms with Crippen LogP contribution in [0.2, 0.25) is 0 Å². The Hall–Kier alpha value is -2.45. The van der Waals surface area contributed by atoms with Crippen molar-refractivity contribution < 1.29 is 4.74 Å². The monoisotopic (exact) mass is 415 g/mol. The Balaban J connectivity index is 1.54. The minimum absolute atomic E-state index is 0.533. The van der Waals surface area contributed by atoms with Gasteiger partial charge in [-0.05, 0) is 77.0 Å². The van der Waals surface area contributed by atoms with Crippen molar-refractivity contribution >= 4 is 0 Å². The molecule has 0 aliphatic carbocycles. The zero-order valence-electron chi connectivity index (χ0n) is 19.6. The molecule has 1 aromatic heterocycles. The molecule has 2 nitrogen and oxygen atoms in total. The molecule has 0 aliphatic heterocycles. The third-order valence-electron chi connectivity index (χ3n) is 6.56. The molecule has 3 unspecified atom stereocenters. The van der Waals surface area contributed by atoms with Gasteiger partial charge in [0.2, 0.25) is 0 Å². The standard InChI is InChI=1S/C29H37NO/c1-5-22(3)27-11-13-29(14-12-27)26(6-2)19-23(4)28-9-7-24(8-10-28)20-31-21-25-15-17-30-18-16-25/h7-18,22-23,26H,5-6,19-21H2,1-4H3. The van der Waals surface area contributed by atoms with Crippen LogP contribution in [0, 0.1) is 0 Å². The third kappa shape index (κ3) is 6.77. The number of pyridine rings is 1. The Morgan fingerprint density at radius 3 is 1.74 bits per heavy atom. The summed E-state index contributed by atoms with van der Waals surface area (Å²) < 4.78 is 5.85. The molecule has 0 spiro atoms. The first-order valence-corrected chi connectivity index (χ1v) is 11.8. The van der Waals surface area contributed by atoms with E-state index in [1.807, 2.05) is 12.1 Å². The first-order valence-electron chi connectivity index (χ1n) is 11.8. The van der Waals surface area contributed by atoms with Gasteiger partial charge in [-0.25, -0.2) is 0 Å². The molecule has 3 atom stereocenters. The Bertz CT molecular complexity index is 886. The quantitative estimate of drug-likeness (QED) is 0.316. The largest absolute Gasteiger partial charge is 0.372 e. The summed E-state index contributed by atoms with van der Waals surface area (Å²) in [6.07, 6.45) is 7.15. The lowest BCUT2D eigenvalue weighted by molar-refractivity contribution is 0.107. The van der Waals surface area contributed by atoms with Crippen LogP contribution < -0.4 is 0 Å². The molecular weight excluding hydrogens is 378 g/mol. The van der Waals surface area contributed by atoms with Crippen molar-refractivity contribution in [3.8, 4) is 0 Å². The van der Waals surface area contributed by atoms with Crippen molar-refractivity contribution in [2.24, 2.45) is 0 Å². The number of nitrogens with zero attached hydrogens (tertiary/aromatic N) is 1. The molecule has 0 saturated heterocycles. The Labute approximate surface area is 188 Å². The van der Waals surface area contributed by atoms with E-state index in [1.54, 1.807) is 12.4 Å². The van der Waals surface area contributed by atoms with Gasteiger partial charge in [0, 0.05) is 12.4 Å². The summed E-state index contributed by atoms with van der Waals surface area (Å²) in [5, 5.41) is 0. The molecule has 0 N–H and O–H groups in total. The van der Waals surface area contributed by atoms with Crippen LogP contribution >= 0.6 is 0 Å². The van der Waals surface area contributed by atoms with E-state index in [1.165, 1.54) is 41.5 Å². The minimum atomic E-state index is 0.533. The van der Waals surface area contributed by atoms with Crippen LogP contribution in [0.15, 0.2) is 73.1 Å². The number of hydrogen-bond donors (Lipinski definition) is 0. The maximum Gasteiger partial charge on any atom is 0.0722 e. The van der Waals surface area contributed by atoms with Crippen LogP contribution in [-0.2, 0) is 18.0 Å². The van der Waals surface area contributed by atoms with Gasteiger partial charge in [-0.15, -0.1) is 0 Å². The summed E-state index contributed by atoms with van der Waals surface area (Å²) in [7, 11) is 0. The van der Waals surface area contributed by atoms with E-state index in [0.29, 0.717) is 31.0 Å². The predicted octanol–water partition coefficient (Wildman–Crippen LogP) is 8.00. The van der Waals surface area contributed by atoms with Gasteiger partial charge in [0.05, 0.1) is 13.2 Å². The molecule has 0 fully saturated rings. The average Bonchev–Trinajstić information content (AvgIpc) is 2.83. The van der Waals surface area contributed by atoms with Crippen LogP contribution in [0.5, 0.6) is 0 Å². The summed E-state index contributed by atoms with van der Waals surface area (Å²) in [6, 6.07) is 22.3. The highest BCUT2D eigenvalue weighted by atomic mass is 16.5. The highest BCUT2D eigenvalue weighted by Gasteiger charge is 2.16. The van der Waals surface area contributed by atoms with E-state index in [9.17, 15) is 0 Å². The normalized spacial score (nSPS) is 14.2. The first kappa shape index (κ1) is 23.2. The molecule has 1 heterocycles. The molecular formula is C29H37NO. The van der Waals surface area contributed by atoms with Crippen molar-refractivity contribution in [3.05, 3.63) is 101 Å². The van der Waals surface area contributed by atoms with Crippen molar-refractivity contribution in [1.29, 1.82) is 0 Å². The molecule has 2 aromatic carbocycles. The lowest BCUT2D eigenvalue weighted by Gasteiger charge is -2.21. The minimum Gasteiger partial charge on any atom is -0.372 e. The van der Waals surface area contributed by atoms with E-state index in [-0.39, 0.29) is 0 Å². The number of hydrogen-bond acceptors (Lipinski definition) is 2. The van der Waals surface area contributed by atoms with E-state index in [0.717, 1.165) is 5.56 Å². The topological polar surface area (TPSA) is 22.1 Å². The maximum atomic E-state index is 5.85. The lowest BCUT2D eigenvalue weighted by atomic mass is 9.84. The fourth-order valence-corrected chi connectivity index (χ4v) is 4.14. The predicted molar refractivity (Wildman–Crippen MR) is 130 cm³/mol. The van der Waals surface area contributed by atoms with Gasteiger partial charge in [0.1, 0.15) is 0 Å². The molecule has 3 aromatic rings. The highest BCUT2D eigenvalue weighted by Crippen LogP contribution is 2.33. The molecule has 0 bridgehead atoms. The van der Waals surface area contributed by atoms with Gasteiger partial charge in [-0.2, -0.15) is 0 Å². The van der Waals surface area contributed by atoms with Crippen LogP contribution in [0.4, 0.5) is 0 Å². The second-order valence-corrected chi connectivity index (χ2v) is 8.81. The van der Waals surface area contributed by atoms with Crippen LogP contribution in [-0.4, -0.2) is 4.98 Å². The van der Waals surface area contributed by atoms with Crippen LogP contribution in [0.1, 0.15) is 92.5 Å². The van der Waals surface area contributed by atoms with Crippen molar-refractivity contribution in [1.82, 2.24) is 4.98 Å². The molecule has 0 radical (unpaired) electrons. The Kier molecular flexibility index (Phi) is 8.85. The zero-order chi connectivity index (χ0) is 22.1. The van der Waals surface area contributed by atoms with Gasteiger partial charge in [-0.3, -0.25) is 4.98 Å². The Morgan fingerprint density at radius 2 is 1.16 bits per heavy atom. The fraction of sp³-hybridized carbons (Fsp3) is 0.414. The Morgan fingerprint density at radius 1 is 0.645 bits per heavy atom. The van der Waals surface area contributed by atoms with Crippen molar-refractivity contribution in [3.63, 3.8) is 0 Å². The third-order valence-corrected chi connectivity index (χ3v) is 6.56. The number of benzene rings is 2. The molecule has 2 heteroatoms. The number of ether oxygens (including phenoxy) is 1. The van der Waals surface area contributed by atoms with E-state index in [2.05, 4.69) is 81.2 Å². The molecule has 31 heavy (non-hydrogen) atoms. The summed E-state index contributed by atoms with van der Waals surface area (Å²) in [6.45, 7) is 10.5. The van der Waals surface area contributed by atoms with Gasteiger partial charge < -0.3 is 4.74 Å². The maximum absolute atomic E-state index is 5.85. The first-order chi connectivity index (χ1) is 15.1. The van der Waals surface area contributed by atoms with Crippen molar-refractivity contribution in [2.75, 3.05) is 0 Å². The van der Waals surface area contributed by atoms with E-state index >= 15 is 0 Å². The van der Waals surface area contributed by atoms with Gasteiger partial charge in [0.25, 0.3) is 0 Å². The summed E-state index contributed by atoms with van der Waals surface area (Å²) >= 11 is 0. The van der Waals surface area contributed by atoms with E-state index in [4.69, 9.17) is 4.74 Å². The van der Waals surface area contributed by atoms with Crippen LogP contribution in [0.3, 0.4) is 0 Å². The van der Waals surface area contributed by atoms with Gasteiger partial charge in [-0.1, -0.05) is 76.2 Å². The van der Waals surface area contributed by atoms with Gasteiger partial charge >= 0.3 is 0 Å². The van der Waals surface area contributed by atoms with E-state index < -0.39 is 0 Å². The number of rotatable bonds is 11. The summed E-state index contributed by atoms with van der Waals surface area (Å²) in [5.74, 6) is 1.77. The van der Waals surface area contributed by atoms with Gasteiger partial charge in [0.15, 0.2) is 0 Å².